The molecule has 0 aliphatic rings. The molecular formula is C14H16F2N4O2S. The topological polar surface area (TPSA) is 76.1 Å². The van der Waals surface area contributed by atoms with Crippen LogP contribution in [0.5, 0.6) is 0 Å². The first kappa shape index (κ1) is 17.2. The summed E-state index contributed by atoms with van der Waals surface area (Å²) in [6.45, 7) is 1.75. The standard InChI is InChI=1S/C14H16F2N4O2S/c1-2-9-23(21,22)10-8-20(11-6-4-3-5-7-11)14-18-12(15)17-13(16)19-14/h3-7H,2,8-10H2,1H3. The molecule has 1 aromatic carbocycles. The van der Waals surface area contributed by atoms with E-state index >= 15 is 0 Å². The molecule has 23 heavy (non-hydrogen) atoms. The Bertz CT molecular complexity index is 736. The van der Waals surface area contributed by atoms with E-state index in [-0.39, 0.29) is 24.0 Å². The largest absolute Gasteiger partial charge is 0.315 e. The number of sulfone groups is 1. The Kier molecular flexibility index (Phi) is 5.54. The average molecular weight is 342 g/mol. The SMILES string of the molecule is CCCS(=O)(=O)CCN(c1ccccc1)c1nc(F)nc(F)n1. The van der Waals surface area contributed by atoms with Crippen LogP contribution in [0.4, 0.5) is 20.4 Å². The zero-order chi connectivity index (χ0) is 16.9. The van der Waals surface area contributed by atoms with Crippen LogP contribution in [0, 0.1) is 12.2 Å². The van der Waals surface area contributed by atoms with Gasteiger partial charge in [-0.05, 0) is 18.6 Å². The Hall–Kier alpha value is -2.16. The second-order valence-corrected chi connectivity index (χ2v) is 7.12. The van der Waals surface area contributed by atoms with Crippen molar-refractivity contribution < 1.29 is 17.2 Å². The monoisotopic (exact) mass is 342 g/mol. The molecule has 9 heteroatoms. The summed E-state index contributed by atoms with van der Waals surface area (Å²) in [5.41, 5.74) is 0.532. The van der Waals surface area contributed by atoms with E-state index in [4.69, 9.17) is 0 Å². The first-order chi connectivity index (χ1) is 10.9. The van der Waals surface area contributed by atoms with Crippen LogP contribution in [0.2, 0.25) is 0 Å². The molecule has 1 aromatic heterocycles. The zero-order valence-electron chi connectivity index (χ0n) is 12.5. The quantitative estimate of drug-likeness (QED) is 0.767. The molecule has 1 heterocycles. The molecule has 2 rings (SSSR count). The molecule has 0 spiro atoms. The minimum Gasteiger partial charge on any atom is -0.309 e. The van der Waals surface area contributed by atoms with E-state index < -0.39 is 22.0 Å². The first-order valence-corrected chi connectivity index (χ1v) is 8.83. The lowest BCUT2D eigenvalue weighted by atomic mass is 10.3. The van der Waals surface area contributed by atoms with Crippen molar-refractivity contribution in [1.29, 1.82) is 0 Å². The van der Waals surface area contributed by atoms with Crippen LogP contribution >= 0.6 is 0 Å². The molecule has 0 bridgehead atoms. The van der Waals surface area contributed by atoms with E-state index in [0.29, 0.717) is 12.1 Å². The maximum Gasteiger partial charge on any atom is 0.315 e. The Morgan fingerprint density at radius 1 is 1.00 bits per heavy atom. The highest BCUT2D eigenvalue weighted by molar-refractivity contribution is 7.91. The number of aromatic nitrogens is 3. The third-order valence-electron chi connectivity index (χ3n) is 3.02. The number of halogens is 2. The van der Waals surface area contributed by atoms with Gasteiger partial charge in [0.15, 0.2) is 9.84 Å². The second-order valence-electron chi connectivity index (χ2n) is 4.81. The van der Waals surface area contributed by atoms with Crippen molar-refractivity contribution >= 4 is 21.5 Å². The molecule has 6 nitrogen and oxygen atoms in total. The molecule has 0 fully saturated rings. The van der Waals surface area contributed by atoms with Gasteiger partial charge in [-0.1, -0.05) is 25.1 Å². The summed E-state index contributed by atoms with van der Waals surface area (Å²) in [6, 6.07) is 8.55. The van der Waals surface area contributed by atoms with Crippen LogP contribution < -0.4 is 4.90 Å². The highest BCUT2D eigenvalue weighted by atomic mass is 32.2. The van der Waals surface area contributed by atoms with Gasteiger partial charge < -0.3 is 4.90 Å². The van der Waals surface area contributed by atoms with Crippen molar-refractivity contribution in [1.82, 2.24) is 15.0 Å². The molecule has 124 valence electrons. The summed E-state index contributed by atoms with van der Waals surface area (Å²) in [7, 11) is -3.26. The first-order valence-electron chi connectivity index (χ1n) is 7.01. The zero-order valence-corrected chi connectivity index (χ0v) is 13.3. The number of rotatable bonds is 7. The molecule has 0 saturated heterocycles. The molecule has 0 radical (unpaired) electrons. The third kappa shape index (κ3) is 4.92. The van der Waals surface area contributed by atoms with Crippen molar-refractivity contribution in [2.24, 2.45) is 0 Å². The van der Waals surface area contributed by atoms with Crippen molar-refractivity contribution in [2.45, 2.75) is 13.3 Å². The van der Waals surface area contributed by atoms with E-state index in [1.807, 2.05) is 0 Å². The summed E-state index contributed by atoms with van der Waals surface area (Å²) in [6.07, 6.45) is -2.02. The lowest BCUT2D eigenvalue weighted by Crippen LogP contribution is -2.28. The van der Waals surface area contributed by atoms with E-state index in [0.717, 1.165) is 0 Å². The van der Waals surface area contributed by atoms with Gasteiger partial charge in [0.25, 0.3) is 0 Å². The summed E-state index contributed by atoms with van der Waals surface area (Å²) in [5, 5.41) is 0. The van der Waals surface area contributed by atoms with E-state index in [9.17, 15) is 17.2 Å². The normalized spacial score (nSPS) is 11.4. The maximum atomic E-state index is 13.3. The number of nitrogens with zero attached hydrogens (tertiary/aromatic N) is 4. The third-order valence-corrected chi connectivity index (χ3v) is 4.85. The molecule has 0 aliphatic heterocycles. The highest BCUT2D eigenvalue weighted by Gasteiger charge is 2.19. The van der Waals surface area contributed by atoms with Gasteiger partial charge >= 0.3 is 12.2 Å². The molecule has 0 aliphatic carbocycles. The van der Waals surface area contributed by atoms with Gasteiger partial charge in [-0.25, -0.2) is 8.42 Å². The molecule has 0 saturated carbocycles. The number of hydrogen-bond acceptors (Lipinski definition) is 6. The second kappa shape index (κ2) is 7.40. The van der Waals surface area contributed by atoms with Crippen molar-refractivity contribution in [3.63, 3.8) is 0 Å². The van der Waals surface area contributed by atoms with Gasteiger partial charge in [0.05, 0.1) is 5.75 Å². The fraction of sp³-hybridized carbons (Fsp3) is 0.357. The molecule has 0 unspecified atom stereocenters. The van der Waals surface area contributed by atoms with Gasteiger partial charge in [0.1, 0.15) is 0 Å². The molecule has 0 N–H and O–H groups in total. The number of anilines is 2. The summed E-state index contributed by atoms with van der Waals surface area (Å²) < 4.78 is 50.3. The Labute approximate surface area is 133 Å². The van der Waals surface area contributed by atoms with Crippen LogP contribution in [0.1, 0.15) is 13.3 Å². The number of hydrogen-bond donors (Lipinski definition) is 0. The Morgan fingerprint density at radius 2 is 1.61 bits per heavy atom. The highest BCUT2D eigenvalue weighted by Crippen LogP contribution is 2.21. The predicted octanol–water partition coefficient (Wildman–Crippen LogP) is 2.11. The number of benzene rings is 1. The minimum atomic E-state index is -3.26. The van der Waals surface area contributed by atoms with Crippen LogP contribution in [-0.4, -0.2) is 41.4 Å². The van der Waals surface area contributed by atoms with Gasteiger partial charge in [-0.15, -0.1) is 0 Å². The molecular weight excluding hydrogens is 326 g/mol. The molecule has 0 amide bonds. The van der Waals surface area contributed by atoms with Crippen LogP contribution in [0.25, 0.3) is 0 Å². The van der Waals surface area contributed by atoms with Crippen molar-refractivity contribution in [2.75, 3.05) is 23.0 Å². The van der Waals surface area contributed by atoms with E-state index in [1.165, 1.54) is 4.90 Å². The van der Waals surface area contributed by atoms with Gasteiger partial charge in [-0.2, -0.15) is 23.7 Å². The number of para-hydroxylation sites is 1. The van der Waals surface area contributed by atoms with E-state index in [1.54, 1.807) is 37.3 Å². The maximum absolute atomic E-state index is 13.3. The van der Waals surface area contributed by atoms with Crippen LogP contribution in [-0.2, 0) is 9.84 Å². The Balaban J connectivity index is 2.33. The molecule has 2 aromatic rings. The smallest absolute Gasteiger partial charge is 0.309 e. The van der Waals surface area contributed by atoms with Crippen LogP contribution in [0.3, 0.4) is 0 Å². The summed E-state index contributed by atoms with van der Waals surface area (Å²) in [5.74, 6) is -0.395. The predicted molar refractivity (Wildman–Crippen MR) is 82.1 cm³/mol. The minimum absolute atomic E-state index is 0.0186. The van der Waals surface area contributed by atoms with Crippen molar-refractivity contribution in [3.8, 4) is 0 Å². The summed E-state index contributed by atoms with van der Waals surface area (Å²) >= 11 is 0. The lowest BCUT2D eigenvalue weighted by Gasteiger charge is -2.22. The van der Waals surface area contributed by atoms with Crippen LogP contribution in [0.15, 0.2) is 30.3 Å². The fourth-order valence-electron chi connectivity index (χ4n) is 2.03. The van der Waals surface area contributed by atoms with Gasteiger partial charge in [-0.3, -0.25) is 0 Å². The van der Waals surface area contributed by atoms with Gasteiger partial charge in [0, 0.05) is 18.0 Å². The van der Waals surface area contributed by atoms with E-state index in [2.05, 4.69) is 15.0 Å². The molecule has 0 atom stereocenters. The summed E-state index contributed by atoms with van der Waals surface area (Å²) in [4.78, 5) is 11.1. The lowest BCUT2D eigenvalue weighted by molar-refractivity contribution is 0.455. The van der Waals surface area contributed by atoms with Crippen molar-refractivity contribution in [3.05, 3.63) is 42.5 Å². The van der Waals surface area contributed by atoms with Gasteiger partial charge in [0.2, 0.25) is 5.95 Å². The Morgan fingerprint density at radius 3 is 2.17 bits per heavy atom. The average Bonchev–Trinajstić information content (AvgIpc) is 2.47. The fourth-order valence-corrected chi connectivity index (χ4v) is 3.32.